The van der Waals surface area contributed by atoms with E-state index in [2.05, 4.69) is 15.9 Å². The zero-order valence-corrected chi connectivity index (χ0v) is 12.2. The lowest BCUT2D eigenvalue weighted by atomic mass is 9.91. The van der Waals surface area contributed by atoms with Crippen molar-refractivity contribution in [2.45, 2.75) is 19.3 Å². The molecule has 19 heavy (non-hydrogen) atoms. The highest BCUT2D eigenvalue weighted by atomic mass is 79.9. The van der Waals surface area contributed by atoms with Crippen molar-refractivity contribution >= 4 is 21.9 Å². The molecule has 0 saturated carbocycles. The Bertz CT molecular complexity index is 576. The van der Waals surface area contributed by atoms with Crippen LogP contribution in [0.1, 0.15) is 22.6 Å². The SMILES string of the molecule is Cc1cccc(C(Cc2ccc(Br)cc2)C(=O)O)c1. The second-order valence-electron chi connectivity index (χ2n) is 4.64. The third-order valence-electron chi connectivity index (χ3n) is 3.10. The number of rotatable bonds is 4. The average molecular weight is 319 g/mol. The van der Waals surface area contributed by atoms with Crippen LogP contribution >= 0.6 is 15.9 Å². The maximum Gasteiger partial charge on any atom is 0.311 e. The third kappa shape index (κ3) is 3.67. The molecule has 1 unspecified atom stereocenters. The summed E-state index contributed by atoms with van der Waals surface area (Å²) in [7, 11) is 0. The average Bonchev–Trinajstić information content (AvgIpc) is 2.37. The Morgan fingerprint density at radius 3 is 2.47 bits per heavy atom. The lowest BCUT2D eigenvalue weighted by Crippen LogP contribution is -2.14. The first kappa shape index (κ1) is 13.8. The summed E-state index contributed by atoms with van der Waals surface area (Å²) in [5, 5.41) is 9.42. The van der Waals surface area contributed by atoms with Gasteiger partial charge in [0.1, 0.15) is 0 Å². The van der Waals surface area contributed by atoms with E-state index in [1.807, 2.05) is 55.5 Å². The topological polar surface area (TPSA) is 37.3 Å². The van der Waals surface area contributed by atoms with Crippen molar-refractivity contribution in [2.75, 3.05) is 0 Å². The zero-order chi connectivity index (χ0) is 13.8. The number of benzene rings is 2. The second-order valence-corrected chi connectivity index (χ2v) is 5.55. The molecule has 0 aliphatic heterocycles. The van der Waals surface area contributed by atoms with Crippen LogP contribution in [0.5, 0.6) is 0 Å². The van der Waals surface area contributed by atoms with Crippen LogP contribution in [0.4, 0.5) is 0 Å². The van der Waals surface area contributed by atoms with Crippen molar-refractivity contribution in [1.82, 2.24) is 0 Å². The second kappa shape index (κ2) is 6.02. The molecule has 2 aromatic rings. The van der Waals surface area contributed by atoms with Crippen LogP contribution in [0.2, 0.25) is 0 Å². The van der Waals surface area contributed by atoms with E-state index in [4.69, 9.17) is 0 Å². The molecule has 0 bridgehead atoms. The Morgan fingerprint density at radius 2 is 1.89 bits per heavy atom. The Morgan fingerprint density at radius 1 is 1.21 bits per heavy atom. The fourth-order valence-electron chi connectivity index (χ4n) is 2.09. The highest BCUT2D eigenvalue weighted by Gasteiger charge is 2.20. The minimum atomic E-state index is -0.784. The van der Waals surface area contributed by atoms with Crippen LogP contribution < -0.4 is 0 Å². The number of carboxylic acids is 1. The standard InChI is InChI=1S/C16H15BrO2/c1-11-3-2-4-13(9-11)15(16(18)19)10-12-5-7-14(17)8-6-12/h2-9,15H,10H2,1H3,(H,18,19). The maximum atomic E-state index is 11.5. The molecular formula is C16H15BrO2. The molecule has 0 saturated heterocycles. The van der Waals surface area contributed by atoms with Crippen LogP contribution in [-0.4, -0.2) is 11.1 Å². The highest BCUT2D eigenvalue weighted by molar-refractivity contribution is 9.10. The summed E-state index contributed by atoms with van der Waals surface area (Å²) < 4.78 is 0.999. The number of aryl methyl sites for hydroxylation is 1. The van der Waals surface area contributed by atoms with Gasteiger partial charge in [0, 0.05) is 4.47 Å². The molecule has 1 atom stereocenters. The number of aliphatic carboxylic acids is 1. The van der Waals surface area contributed by atoms with Gasteiger partial charge in [-0.05, 0) is 36.6 Å². The molecule has 98 valence electrons. The molecule has 2 aromatic carbocycles. The molecule has 0 aliphatic carbocycles. The number of carbonyl (C=O) groups is 1. The van der Waals surface area contributed by atoms with Gasteiger partial charge in [-0.3, -0.25) is 4.79 Å². The predicted molar refractivity (Wildman–Crippen MR) is 79.4 cm³/mol. The van der Waals surface area contributed by atoms with Gasteiger partial charge in [-0.25, -0.2) is 0 Å². The van der Waals surface area contributed by atoms with Crippen molar-refractivity contribution in [3.05, 3.63) is 69.7 Å². The smallest absolute Gasteiger partial charge is 0.311 e. The van der Waals surface area contributed by atoms with Gasteiger partial charge in [0.15, 0.2) is 0 Å². The molecule has 0 heterocycles. The van der Waals surface area contributed by atoms with Gasteiger partial charge in [-0.15, -0.1) is 0 Å². The summed E-state index contributed by atoms with van der Waals surface area (Å²) in [6.45, 7) is 1.97. The summed E-state index contributed by atoms with van der Waals surface area (Å²) >= 11 is 3.38. The fourth-order valence-corrected chi connectivity index (χ4v) is 2.36. The van der Waals surface area contributed by atoms with E-state index >= 15 is 0 Å². The number of hydrogen-bond donors (Lipinski definition) is 1. The zero-order valence-electron chi connectivity index (χ0n) is 10.6. The molecule has 0 fully saturated rings. The monoisotopic (exact) mass is 318 g/mol. The van der Waals surface area contributed by atoms with Crippen LogP contribution in [0.15, 0.2) is 53.0 Å². The van der Waals surface area contributed by atoms with Gasteiger partial charge in [0.05, 0.1) is 5.92 Å². The first-order valence-corrected chi connectivity index (χ1v) is 6.89. The van der Waals surface area contributed by atoms with E-state index in [0.717, 1.165) is 21.2 Å². The van der Waals surface area contributed by atoms with Crippen molar-refractivity contribution in [2.24, 2.45) is 0 Å². The Hall–Kier alpha value is -1.61. The number of hydrogen-bond acceptors (Lipinski definition) is 1. The minimum Gasteiger partial charge on any atom is -0.481 e. The van der Waals surface area contributed by atoms with Crippen molar-refractivity contribution in [3.63, 3.8) is 0 Å². The number of halogens is 1. The van der Waals surface area contributed by atoms with Gasteiger partial charge >= 0.3 is 5.97 Å². The lowest BCUT2D eigenvalue weighted by molar-refractivity contribution is -0.138. The van der Waals surface area contributed by atoms with E-state index in [9.17, 15) is 9.90 Å². The van der Waals surface area contributed by atoms with Crippen molar-refractivity contribution in [3.8, 4) is 0 Å². The maximum absolute atomic E-state index is 11.5. The minimum absolute atomic E-state index is 0.499. The summed E-state index contributed by atoms with van der Waals surface area (Å²) in [6.07, 6.45) is 0.506. The van der Waals surface area contributed by atoms with E-state index in [1.54, 1.807) is 0 Å². The van der Waals surface area contributed by atoms with Crippen LogP contribution in [0.25, 0.3) is 0 Å². The van der Waals surface area contributed by atoms with E-state index < -0.39 is 11.9 Å². The molecular weight excluding hydrogens is 304 g/mol. The van der Waals surface area contributed by atoms with Gasteiger partial charge in [-0.2, -0.15) is 0 Å². The van der Waals surface area contributed by atoms with E-state index in [1.165, 1.54) is 0 Å². The quantitative estimate of drug-likeness (QED) is 0.918. The molecule has 1 N–H and O–H groups in total. The van der Waals surface area contributed by atoms with Crippen LogP contribution in [-0.2, 0) is 11.2 Å². The summed E-state index contributed by atoms with van der Waals surface area (Å²) in [4.78, 5) is 11.5. The molecule has 2 rings (SSSR count). The summed E-state index contributed by atoms with van der Waals surface area (Å²) in [5.41, 5.74) is 2.96. The molecule has 0 aromatic heterocycles. The molecule has 0 aliphatic rings. The highest BCUT2D eigenvalue weighted by Crippen LogP contribution is 2.23. The Kier molecular flexibility index (Phi) is 4.38. The molecule has 0 amide bonds. The molecule has 0 radical (unpaired) electrons. The molecule has 0 spiro atoms. The lowest BCUT2D eigenvalue weighted by Gasteiger charge is -2.13. The van der Waals surface area contributed by atoms with Crippen molar-refractivity contribution < 1.29 is 9.90 Å². The number of carboxylic acid groups (broad SMARTS) is 1. The fraction of sp³-hybridized carbons (Fsp3) is 0.188. The van der Waals surface area contributed by atoms with Crippen molar-refractivity contribution in [1.29, 1.82) is 0 Å². The Labute approximate surface area is 121 Å². The van der Waals surface area contributed by atoms with Gasteiger partial charge in [-0.1, -0.05) is 57.9 Å². The largest absolute Gasteiger partial charge is 0.481 e. The molecule has 3 heteroatoms. The van der Waals surface area contributed by atoms with Crippen LogP contribution in [0, 0.1) is 6.92 Å². The Balaban J connectivity index is 2.26. The first-order valence-electron chi connectivity index (χ1n) is 6.10. The molecule has 2 nitrogen and oxygen atoms in total. The summed E-state index contributed by atoms with van der Waals surface area (Å²) in [6, 6.07) is 15.5. The third-order valence-corrected chi connectivity index (χ3v) is 3.62. The normalized spacial score (nSPS) is 12.1. The van der Waals surface area contributed by atoms with Crippen LogP contribution in [0.3, 0.4) is 0 Å². The van der Waals surface area contributed by atoms with Gasteiger partial charge < -0.3 is 5.11 Å². The van der Waals surface area contributed by atoms with Gasteiger partial charge in [0.25, 0.3) is 0 Å². The van der Waals surface area contributed by atoms with Gasteiger partial charge in [0.2, 0.25) is 0 Å². The van der Waals surface area contributed by atoms with E-state index in [0.29, 0.717) is 6.42 Å². The first-order chi connectivity index (χ1) is 9.06. The summed E-state index contributed by atoms with van der Waals surface area (Å²) in [5.74, 6) is -1.28. The van der Waals surface area contributed by atoms with E-state index in [-0.39, 0.29) is 0 Å². The predicted octanol–water partition coefficient (Wildman–Crippen LogP) is 4.17.